The van der Waals surface area contributed by atoms with Gasteiger partial charge in [0, 0.05) is 6.07 Å². The molecule has 0 N–H and O–H groups in total. The van der Waals surface area contributed by atoms with Gasteiger partial charge in [-0.3, -0.25) is 4.79 Å². The lowest BCUT2D eigenvalue weighted by molar-refractivity contribution is -0.140. The number of esters is 1. The molecule has 0 spiro atoms. The zero-order chi connectivity index (χ0) is 15.8. The molecule has 1 fully saturated rings. The second-order valence-electron chi connectivity index (χ2n) is 6.11. The van der Waals surface area contributed by atoms with Crippen LogP contribution in [0.5, 0.6) is 11.6 Å². The molecule has 1 saturated carbocycles. The van der Waals surface area contributed by atoms with Gasteiger partial charge in [0.05, 0.1) is 18.7 Å². The van der Waals surface area contributed by atoms with Gasteiger partial charge in [0.15, 0.2) is 0 Å². The van der Waals surface area contributed by atoms with E-state index in [-0.39, 0.29) is 11.9 Å². The molecule has 0 aliphatic heterocycles. The lowest BCUT2D eigenvalue weighted by Gasteiger charge is -2.26. The van der Waals surface area contributed by atoms with E-state index in [1.54, 1.807) is 18.3 Å². The largest absolute Gasteiger partial charge is 0.478 e. The smallest absolute Gasteiger partial charge is 0.314 e. The quantitative estimate of drug-likeness (QED) is 0.701. The van der Waals surface area contributed by atoms with Crippen LogP contribution in [0, 0.1) is 11.8 Å². The van der Waals surface area contributed by atoms with Crippen molar-refractivity contribution in [1.82, 2.24) is 4.98 Å². The minimum Gasteiger partial charge on any atom is -0.478 e. The Kier molecular flexibility index (Phi) is 6.69. The van der Waals surface area contributed by atoms with Gasteiger partial charge in [0.25, 0.3) is 0 Å². The van der Waals surface area contributed by atoms with Gasteiger partial charge in [0.2, 0.25) is 5.88 Å². The Morgan fingerprint density at radius 2 is 1.95 bits per heavy atom. The predicted octanol–water partition coefficient (Wildman–Crippen LogP) is 4.38. The van der Waals surface area contributed by atoms with E-state index in [9.17, 15) is 4.79 Å². The van der Waals surface area contributed by atoms with Crippen LogP contribution >= 0.6 is 0 Å². The molecule has 0 amide bonds. The molecule has 1 aliphatic rings. The van der Waals surface area contributed by atoms with Crippen LogP contribution in [0.1, 0.15) is 58.8 Å². The fraction of sp³-hybridized carbons (Fsp3) is 0.667. The van der Waals surface area contributed by atoms with Crippen molar-refractivity contribution in [2.75, 3.05) is 6.61 Å². The summed E-state index contributed by atoms with van der Waals surface area (Å²) < 4.78 is 10.9. The number of carbonyl (C=O) groups excluding carboxylic acids is 1. The van der Waals surface area contributed by atoms with Crippen molar-refractivity contribution in [3.8, 4) is 11.6 Å². The molecule has 0 atom stereocenters. The van der Waals surface area contributed by atoms with Crippen molar-refractivity contribution in [2.24, 2.45) is 11.8 Å². The highest BCUT2D eigenvalue weighted by Crippen LogP contribution is 2.32. The van der Waals surface area contributed by atoms with E-state index in [1.807, 2.05) is 6.92 Å². The van der Waals surface area contributed by atoms with Crippen LogP contribution in [-0.4, -0.2) is 17.6 Å². The first-order valence-corrected chi connectivity index (χ1v) is 8.53. The second kappa shape index (κ2) is 8.76. The molecule has 1 aromatic rings. The van der Waals surface area contributed by atoms with Crippen molar-refractivity contribution in [3.05, 3.63) is 18.3 Å². The van der Waals surface area contributed by atoms with Crippen LogP contribution in [0.3, 0.4) is 0 Å². The Morgan fingerprint density at radius 3 is 2.55 bits per heavy atom. The molecule has 4 heteroatoms. The van der Waals surface area contributed by atoms with Gasteiger partial charge in [0.1, 0.15) is 5.75 Å². The van der Waals surface area contributed by atoms with E-state index >= 15 is 0 Å². The normalized spacial score (nSPS) is 21.4. The molecule has 4 nitrogen and oxygen atoms in total. The van der Waals surface area contributed by atoms with E-state index in [0.29, 0.717) is 18.2 Å². The third-order valence-corrected chi connectivity index (χ3v) is 4.26. The van der Waals surface area contributed by atoms with Crippen LogP contribution in [0.25, 0.3) is 0 Å². The maximum atomic E-state index is 12.2. The summed E-state index contributed by atoms with van der Waals surface area (Å²) in [5, 5.41) is 0. The number of ether oxygens (including phenoxy) is 2. The minimum atomic E-state index is -0.112. The van der Waals surface area contributed by atoms with Crippen molar-refractivity contribution >= 4 is 5.97 Å². The van der Waals surface area contributed by atoms with E-state index in [0.717, 1.165) is 38.0 Å². The zero-order valence-electron chi connectivity index (χ0n) is 13.7. The van der Waals surface area contributed by atoms with Crippen molar-refractivity contribution in [2.45, 2.75) is 58.8 Å². The maximum absolute atomic E-state index is 12.2. The first-order valence-electron chi connectivity index (χ1n) is 8.53. The summed E-state index contributed by atoms with van der Waals surface area (Å²) in [6.45, 7) is 4.92. The molecule has 1 aliphatic carbocycles. The Bertz CT molecular complexity index is 450. The van der Waals surface area contributed by atoms with Gasteiger partial charge in [-0.05, 0) is 44.1 Å². The Labute approximate surface area is 133 Å². The van der Waals surface area contributed by atoms with Crippen LogP contribution in [0.15, 0.2) is 18.3 Å². The van der Waals surface area contributed by atoms with Crippen LogP contribution in [0.4, 0.5) is 0 Å². The Morgan fingerprint density at radius 1 is 1.18 bits per heavy atom. The highest BCUT2D eigenvalue weighted by atomic mass is 16.5. The van der Waals surface area contributed by atoms with Gasteiger partial charge >= 0.3 is 5.97 Å². The van der Waals surface area contributed by atoms with Crippen LogP contribution in [0.2, 0.25) is 0 Å². The monoisotopic (exact) mass is 305 g/mol. The molecule has 0 aromatic carbocycles. The van der Waals surface area contributed by atoms with Gasteiger partial charge in [-0.2, -0.15) is 0 Å². The van der Waals surface area contributed by atoms with E-state index in [2.05, 4.69) is 11.9 Å². The summed E-state index contributed by atoms with van der Waals surface area (Å²) in [6.07, 6.45) is 9.22. The summed E-state index contributed by atoms with van der Waals surface area (Å²) in [7, 11) is 0. The molecule has 0 saturated heterocycles. The molecule has 122 valence electrons. The lowest BCUT2D eigenvalue weighted by atomic mass is 9.80. The first-order chi connectivity index (χ1) is 10.7. The molecule has 22 heavy (non-hydrogen) atoms. The number of aromatic nitrogens is 1. The van der Waals surface area contributed by atoms with Gasteiger partial charge in [-0.1, -0.05) is 26.7 Å². The highest BCUT2D eigenvalue weighted by molar-refractivity contribution is 5.75. The Balaban J connectivity index is 1.79. The third-order valence-electron chi connectivity index (χ3n) is 4.26. The molecule has 0 radical (unpaired) electrons. The SMILES string of the molecule is CCCOc1ccc(OC(=O)C2CCC(CCC)CC2)cn1. The van der Waals surface area contributed by atoms with E-state index in [4.69, 9.17) is 9.47 Å². The number of pyridine rings is 1. The zero-order valence-corrected chi connectivity index (χ0v) is 13.7. The summed E-state index contributed by atoms with van der Waals surface area (Å²) in [6, 6.07) is 3.50. The van der Waals surface area contributed by atoms with Crippen LogP contribution < -0.4 is 9.47 Å². The Hall–Kier alpha value is -1.58. The standard InChI is InChI=1S/C18H27NO3/c1-3-5-14-6-8-15(9-7-14)18(20)22-16-10-11-17(19-13-16)21-12-4-2/h10-11,13-15H,3-9,12H2,1-2H3. The summed E-state index contributed by atoms with van der Waals surface area (Å²) >= 11 is 0. The number of hydrogen-bond acceptors (Lipinski definition) is 4. The summed E-state index contributed by atoms with van der Waals surface area (Å²) in [4.78, 5) is 16.4. The van der Waals surface area contributed by atoms with Crippen molar-refractivity contribution in [1.29, 1.82) is 0 Å². The molecular weight excluding hydrogens is 278 g/mol. The molecule has 1 aromatic heterocycles. The number of rotatable bonds is 7. The summed E-state index contributed by atoms with van der Waals surface area (Å²) in [5.74, 6) is 1.81. The number of hydrogen-bond donors (Lipinski definition) is 0. The lowest BCUT2D eigenvalue weighted by Crippen LogP contribution is -2.25. The first kappa shape index (κ1) is 16.8. The third kappa shape index (κ3) is 5.00. The topological polar surface area (TPSA) is 48.4 Å². The van der Waals surface area contributed by atoms with Crippen molar-refractivity contribution in [3.63, 3.8) is 0 Å². The highest BCUT2D eigenvalue weighted by Gasteiger charge is 2.27. The number of nitrogens with zero attached hydrogens (tertiary/aromatic N) is 1. The molecule has 0 bridgehead atoms. The fourth-order valence-electron chi connectivity index (χ4n) is 3.01. The van der Waals surface area contributed by atoms with Crippen molar-refractivity contribution < 1.29 is 14.3 Å². The van der Waals surface area contributed by atoms with E-state index < -0.39 is 0 Å². The summed E-state index contributed by atoms with van der Waals surface area (Å²) in [5.41, 5.74) is 0. The van der Waals surface area contributed by atoms with Gasteiger partial charge in [-0.15, -0.1) is 0 Å². The second-order valence-corrected chi connectivity index (χ2v) is 6.11. The molecule has 1 heterocycles. The van der Waals surface area contributed by atoms with Gasteiger partial charge in [-0.25, -0.2) is 4.98 Å². The average molecular weight is 305 g/mol. The average Bonchev–Trinajstić information content (AvgIpc) is 2.55. The number of carbonyl (C=O) groups is 1. The van der Waals surface area contributed by atoms with Gasteiger partial charge < -0.3 is 9.47 Å². The fourth-order valence-corrected chi connectivity index (χ4v) is 3.01. The van der Waals surface area contributed by atoms with E-state index in [1.165, 1.54) is 12.8 Å². The maximum Gasteiger partial charge on any atom is 0.314 e. The van der Waals surface area contributed by atoms with Crippen LogP contribution in [-0.2, 0) is 4.79 Å². The predicted molar refractivity (Wildman–Crippen MR) is 86.0 cm³/mol. The molecular formula is C18H27NO3. The molecule has 0 unspecified atom stereocenters. The molecule has 2 rings (SSSR count). The minimum absolute atomic E-state index is 0.0455.